The van der Waals surface area contributed by atoms with Crippen molar-refractivity contribution in [2.45, 2.75) is 13.8 Å². The summed E-state index contributed by atoms with van der Waals surface area (Å²) in [5, 5.41) is 20.1. The number of rotatable bonds is 5. The van der Waals surface area contributed by atoms with E-state index in [9.17, 15) is 14.9 Å². The quantitative estimate of drug-likeness (QED) is 0.256. The minimum absolute atomic E-state index is 0.00550. The molecule has 2 aromatic heterocycles. The van der Waals surface area contributed by atoms with E-state index in [0.29, 0.717) is 45.0 Å². The summed E-state index contributed by atoms with van der Waals surface area (Å²) in [7, 11) is 0. The van der Waals surface area contributed by atoms with Crippen LogP contribution in [0.3, 0.4) is 0 Å². The number of fused-ring (bicyclic) bond motifs is 2. The minimum Gasteiger partial charge on any atom is -0.461 e. The van der Waals surface area contributed by atoms with Crippen LogP contribution in [0.25, 0.3) is 27.8 Å². The number of carbonyl (C=O) groups excluding carboxylic acids is 1. The van der Waals surface area contributed by atoms with Gasteiger partial charge >= 0.3 is 5.97 Å². The Kier molecular flexibility index (Phi) is 4.85. The fourth-order valence-corrected chi connectivity index (χ4v) is 3.69. The van der Waals surface area contributed by atoms with Crippen LogP contribution in [-0.4, -0.2) is 44.3 Å². The van der Waals surface area contributed by atoms with Gasteiger partial charge in [-0.2, -0.15) is 0 Å². The van der Waals surface area contributed by atoms with Crippen molar-refractivity contribution in [1.82, 2.24) is 20.0 Å². The molecule has 0 bridgehead atoms. The average Bonchev–Trinajstić information content (AvgIpc) is 3.44. The van der Waals surface area contributed by atoms with Crippen molar-refractivity contribution in [1.29, 1.82) is 0 Å². The standard InChI is InChI=1S/C22H17N5O6/c1-3-31-22(28)20-21(13-4-6-14(7-5-13)27(29)30)26(25-24-20)17-8-12(2)23-16-10-19-18(9-15(16)17)32-11-33-19/h4-10H,3,11H2,1-2H3. The monoisotopic (exact) mass is 447 g/mol. The van der Waals surface area contributed by atoms with Crippen molar-refractivity contribution in [2.75, 3.05) is 13.4 Å². The van der Waals surface area contributed by atoms with Gasteiger partial charge in [-0.25, -0.2) is 9.48 Å². The molecule has 166 valence electrons. The van der Waals surface area contributed by atoms with Gasteiger partial charge in [0.05, 0.1) is 22.7 Å². The van der Waals surface area contributed by atoms with Crippen LogP contribution < -0.4 is 9.47 Å². The largest absolute Gasteiger partial charge is 0.461 e. The van der Waals surface area contributed by atoms with E-state index < -0.39 is 10.9 Å². The molecular formula is C22H17N5O6. The first-order chi connectivity index (χ1) is 16.0. The molecule has 11 heteroatoms. The van der Waals surface area contributed by atoms with Crippen LogP contribution in [0.2, 0.25) is 0 Å². The molecule has 0 saturated heterocycles. The summed E-state index contributed by atoms with van der Waals surface area (Å²) in [6, 6.07) is 11.2. The number of nitro groups is 1. The Balaban J connectivity index is 1.76. The molecule has 0 saturated carbocycles. The maximum Gasteiger partial charge on any atom is 0.361 e. The molecule has 1 aliphatic rings. The first-order valence-corrected chi connectivity index (χ1v) is 10.0. The highest BCUT2D eigenvalue weighted by atomic mass is 16.7. The average molecular weight is 447 g/mol. The Labute approximate surface area is 186 Å². The predicted octanol–water partition coefficient (Wildman–Crippen LogP) is 3.60. The Hall–Kier alpha value is -4.54. The number of aromatic nitrogens is 4. The molecule has 3 heterocycles. The highest BCUT2D eigenvalue weighted by Crippen LogP contribution is 2.38. The van der Waals surface area contributed by atoms with Crippen molar-refractivity contribution in [3.8, 4) is 28.4 Å². The number of non-ortho nitro benzene ring substituents is 1. The third kappa shape index (κ3) is 3.49. The summed E-state index contributed by atoms with van der Waals surface area (Å²) in [5.41, 5.74) is 2.73. The second-order valence-corrected chi connectivity index (χ2v) is 7.23. The fraction of sp³-hybridized carbons (Fsp3) is 0.182. The lowest BCUT2D eigenvalue weighted by Gasteiger charge is -2.12. The fourth-order valence-electron chi connectivity index (χ4n) is 3.69. The number of nitrogens with zero attached hydrogens (tertiary/aromatic N) is 5. The van der Waals surface area contributed by atoms with Crippen LogP contribution in [0.5, 0.6) is 11.5 Å². The lowest BCUT2D eigenvalue weighted by molar-refractivity contribution is -0.384. The molecule has 2 aromatic carbocycles. The third-order valence-corrected chi connectivity index (χ3v) is 5.13. The van der Waals surface area contributed by atoms with Gasteiger partial charge in [-0.15, -0.1) is 5.10 Å². The van der Waals surface area contributed by atoms with Gasteiger partial charge in [0.2, 0.25) is 6.79 Å². The van der Waals surface area contributed by atoms with Crippen molar-refractivity contribution in [3.05, 3.63) is 64.0 Å². The van der Waals surface area contributed by atoms with Crippen LogP contribution in [0, 0.1) is 17.0 Å². The Morgan fingerprint density at radius 2 is 1.91 bits per heavy atom. The van der Waals surface area contributed by atoms with Gasteiger partial charge in [0.15, 0.2) is 17.2 Å². The van der Waals surface area contributed by atoms with Gasteiger partial charge < -0.3 is 14.2 Å². The molecule has 1 aliphatic heterocycles. The van der Waals surface area contributed by atoms with Crippen molar-refractivity contribution < 1.29 is 23.9 Å². The van der Waals surface area contributed by atoms with Gasteiger partial charge in [-0.05, 0) is 38.1 Å². The van der Waals surface area contributed by atoms with Crippen molar-refractivity contribution in [3.63, 3.8) is 0 Å². The van der Waals surface area contributed by atoms with Gasteiger partial charge in [0.25, 0.3) is 5.69 Å². The van der Waals surface area contributed by atoms with Gasteiger partial charge in [-0.3, -0.25) is 15.1 Å². The molecule has 0 N–H and O–H groups in total. The number of ether oxygens (including phenoxy) is 3. The first-order valence-electron chi connectivity index (χ1n) is 10.0. The first kappa shape index (κ1) is 20.4. The number of hydrogen-bond donors (Lipinski definition) is 0. The summed E-state index contributed by atoms with van der Waals surface area (Å²) in [4.78, 5) is 27.8. The Morgan fingerprint density at radius 1 is 1.18 bits per heavy atom. The molecular weight excluding hydrogens is 430 g/mol. The van der Waals surface area contributed by atoms with E-state index in [4.69, 9.17) is 14.2 Å². The summed E-state index contributed by atoms with van der Waals surface area (Å²) in [6.07, 6.45) is 0. The maximum absolute atomic E-state index is 12.6. The molecule has 33 heavy (non-hydrogen) atoms. The number of hydrogen-bond acceptors (Lipinski definition) is 9. The molecule has 0 amide bonds. The molecule has 11 nitrogen and oxygen atoms in total. The summed E-state index contributed by atoms with van der Waals surface area (Å²) < 4.78 is 17.7. The zero-order valence-electron chi connectivity index (χ0n) is 17.6. The minimum atomic E-state index is -0.648. The predicted molar refractivity (Wildman–Crippen MR) is 116 cm³/mol. The molecule has 5 rings (SSSR count). The number of carbonyl (C=O) groups is 1. The lowest BCUT2D eigenvalue weighted by atomic mass is 10.1. The van der Waals surface area contributed by atoms with E-state index in [0.717, 1.165) is 0 Å². The second kappa shape index (κ2) is 7.86. The van der Waals surface area contributed by atoms with Crippen LogP contribution in [0.1, 0.15) is 23.1 Å². The van der Waals surface area contributed by atoms with Gasteiger partial charge in [-0.1, -0.05) is 5.21 Å². The molecule has 4 aromatic rings. The third-order valence-electron chi connectivity index (χ3n) is 5.13. The van der Waals surface area contributed by atoms with Crippen LogP contribution in [0.4, 0.5) is 5.69 Å². The smallest absolute Gasteiger partial charge is 0.361 e. The zero-order chi connectivity index (χ0) is 23.1. The molecule has 0 atom stereocenters. The lowest BCUT2D eigenvalue weighted by Crippen LogP contribution is -2.08. The van der Waals surface area contributed by atoms with Crippen LogP contribution in [0.15, 0.2) is 42.5 Å². The van der Waals surface area contributed by atoms with E-state index in [1.807, 2.05) is 13.0 Å². The number of nitro benzene ring substituents is 1. The number of benzene rings is 2. The summed E-state index contributed by atoms with van der Waals surface area (Å²) >= 11 is 0. The van der Waals surface area contributed by atoms with Crippen molar-refractivity contribution in [2.24, 2.45) is 0 Å². The van der Waals surface area contributed by atoms with E-state index >= 15 is 0 Å². The van der Waals surface area contributed by atoms with Crippen LogP contribution in [-0.2, 0) is 4.74 Å². The Morgan fingerprint density at radius 3 is 2.61 bits per heavy atom. The second-order valence-electron chi connectivity index (χ2n) is 7.23. The molecule has 0 radical (unpaired) electrons. The Bertz CT molecular complexity index is 1410. The van der Waals surface area contributed by atoms with Crippen molar-refractivity contribution >= 4 is 22.6 Å². The van der Waals surface area contributed by atoms with Gasteiger partial charge in [0.1, 0.15) is 5.69 Å². The normalized spacial score (nSPS) is 12.2. The number of pyridine rings is 1. The van der Waals surface area contributed by atoms with Crippen LogP contribution >= 0.6 is 0 Å². The zero-order valence-corrected chi connectivity index (χ0v) is 17.6. The van der Waals surface area contributed by atoms with E-state index in [1.54, 1.807) is 31.2 Å². The number of aryl methyl sites for hydroxylation is 1. The highest BCUT2D eigenvalue weighted by molar-refractivity contribution is 5.96. The van der Waals surface area contributed by atoms with Gasteiger partial charge in [0, 0.05) is 34.8 Å². The molecule has 0 aliphatic carbocycles. The summed E-state index contributed by atoms with van der Waals surface area (Å²) in [6.45, 7) is 3.80. The molecule has 0 fully saturated rings. The van der Waals surface area contributed by atoms with E-state index in [2.05, 4.69) is 15.3 Å². The SMILES string of the molecule is CCOC(=O)c1nnn(-c2cc(C)nc3cc4c(cc23)OCO4)c1-c1ccc([N+](=O)[O-])cc1. The molecule has 0 spiro atoms. The number of esters is 1. The molecule has 0 unspecified atom stereocenters. The maximum atomic E-state index is 12.6. The van der Waals surface area contributed by atoms with E-state index in [-0.39, 0.29) is 24.8 Å². The summed E-state index contributed by atoms with van der Waals surface area (Å²) in [5.74, 6) is 0.509. The topological polar surface area (TPSA) is 132 Å². The van der Waals surface area contributed by atoms with E-state index in [1.165, 1.54) is 16.8 Å². The highest BCUT2D eigenvalue weighted by Gasteiger charge is 2.26.